The fraction of sp³-hybridized carbons (Fsp3) is 0.269. The second-order valence-electron chi connectivity index (χ2n) is 9.70. The number of nitro benzene ring substituents is 1. The van der Waals surface area contributed by atoms with Gasteiger partial charge in [0.15, 0.2) is 0 Å². The van der Waals surface area contributed by atoms with Crippen LogP contribution in [0.5, 0.6) is 5.75 Å². The molecule has 2 atom stereocenters. The van der Waals surface area contributed by atoms with Gasteiger partial charge in [-0.05, 0) is 29.2 Å². The lowest BCUT2D eigenvalue weighted by Gasteiger charge is -2.38. The minimum Gasteiger partial charge on any atom is -0.464 e. The maximum Gasteiger partial charge on any atom is 0.292 e. The van der Waals surface area contributed by atoms with Gasteiger partial charge in [-0.1, -0.05) is 73.1 Å². The quantitative estimate of drug-likeness (QED) is 0.242. The third-order valence-corrected chi connectivity index (χ3v) is 6.87. The van der Waals surface area contributed by atoms with Crippen molar-refractivity contribution >= 4 is 33.0 Å². The molecule has 2 aliphatic rings. The van der Waals surface area contributed by atoms with E-state index in [4.69, 9.17) is 15.6 Å². The van der Waals surface area contributed by atoms with E-state index >= 15 is 0 Å². The van der Waals surface area contributed by atoms with Crippen LogP contribution in [-0.4, -0.2) is 15.6 Å². The molecule has 5 rings (SSSR count). The number of hydrazone groups is 1. The molecule has 0 bridgehead atoms. The number of hydrogen-bond donors (Lipinski definition) is 1. The summed E-state index contributed by atoms with van der Waals surface area (Å²) in [5.74, 6) is 0.806. The highest BCUT2D eigenvalue weighted by Gasteiger charge is 2.41. The van der Waals surface area contributed by atoms with Crippen LogP contribution >= 0.6 is 15.9 Å². The molecule has 0 aromatic heterocycles. The van der Waals surface area contributed by atoms with E-state index in [0.29, 0.717) is 12.0 Å². The Hall–Kier alpha value is -3.39. The first-order valence-corrected chi connectivity index (χ1v) is 11.9. The molecule has 0 fully saturated rings. The summed E-state index contributed by atoms with van der Waals surface area (Å²) >= 11 is 3.55. The zero-order chi connectivity index (χ0) is 24.2. The summed E-state index contributed by atoms with van der Waals surface area (Å²) in [6.45, 7) is 6.56. The molecule has 3 aromatic carbocycles. The van der Waals surface area contributed by atoms with E-state index in [1.54, 1.807) is 12.1 Å². The van der Waals surface area contributed by atoms with Crippen molar-refractivity contribution in [3.63, 3.8) is 0 Å². The minimum absolute atomic E-state index is 0.0456. The van der Waals surface area contributed by atoms with Crippen LogP contribution in [0, 0.1) is 10.1 Å². The second-order valence-corrected chi connectivity index (χ2v) is 10.6. The van der Waals surface area contributed by atoms with E-state index in [-0.39, 0.29) is 22.8 Å². The van der Waals surface area contributed by atoms with Gasteiger partial charge in [-0.25, -0.2) is 5.01 Å². The highest BCUT2D eigenvalue weighted by Crippen LogP contribution is 2.48. The van der Waals surface area contributed by atoms with Crippen molar-refractivity contribution in [2.75, 3.05) is 5.73 Å². The van der Waals surface area contributed by atoms with Gasteiger partial charge in [0.25, 0.3) is 5.69 Å². The summed E-state index contributed by atoms with van der Waals surface area (Å²) in [5.41, 5.74) is 10.6. The first-order chi connectivity index (χ1) is 16.1. The van der Waals surface area contributed by atoms with Crippen molar-refractivity contribution in [1.82, 2.24) is 5.01 Å². The maximum atomic E-state index is 11.4. The molecule has 0 saturated heterocycles. The number of anilines is 1. The van der Waals surface area contributed by atoms with E-state index in [2.05, 4.69) is 61.0 Å². The Morgan fingerprint density at radius 3 is 2.53 bits per heavy atom. The Labute approximate surface area is 206 Å². The zero-order valence-corrected chi connectivity index (χ0v) is 20.7. The highest BCUT2D eigenvalue weighted by atomic mass is 79.9. The molecule has 0 spiro atoms. The molecule has 7 nitrogen and oxygen atoms in total. The van der Waals surface area contributed by atoms with Crippen molar-refractivity contribution in [3.05, 3.63) is 97.5 Å². The molecule has 0 aliphatic carbocycles. The molecule has 8 heteroatoms. The Bertz CT molecular complexity index is 1310. The predicted octanol–water partition coefficient (Wildman–Crippen LogP) is 6.48. The molecular formula is C26H25BrN4O3. The highest BCUT2D eigenvalue weighted by molar-refractivity contribution is 9.10. The van der Waals surface area contributed by atoms with E-state index in [0.717, 1.165) is 27.1 Å². The predicted molar refractivity (Wildman–Crippen MR) is 136 cm³/mol. The van der Waals surface area contributed by atoms with E-state index in [9.17, 15) is 10.1 Å². The molecule has 0 saturated carbocycles. The van der Waals surface area contributed by atoms with Crippen LogP contribution in [0.1, 0.15) is 61.7 Å². The largest absolute Gasteiger partial charge is 0.464 e. The fourth-order valence-electron chi connectivity index (χ4n) is 4.48. The molecule has 0 amide bonds. The topological polar surface area (TPSA) is 94.0 Å². The average molecular weight is 521 g/mol. The van der Waals surface area contributed by atoms with Gasteiger partial charge in [0.05, 0.1) is 16.7 Å². The van der Waals surface area contributed by atoms with Gasteiger partial charge in [-0.2, -0.15) is 5.10 Å². The maximum absolute atomic E-state index is 11.4. The van der Waals surface area contributed by atoms with Gasteiger partial charge >= 0.3 is 0 Å². The number of fused-ring (bicyclic) bond motifs is 3. The molecule has 3 aromatic rings. The summed E-state index contributed by atoms with van der Waals surface area (Å²) in [6, 6.07) is 19.3. The van der Waals surface area contributed by atoms with Crippen molar-refractivity contribution in [2.45, 2.75) is 44.9 Å². The van der Waals surface area contributed by atoms with Gasteiger partial charge in [0, 0.05) is 33.7 Å². The Morgan fingerprint density at radius 1 is 1.12 bits per heavy atom. The molecule has 2 heterocycles. The van der Waals surface area contributed by atoms with Crippen LogP contribution in [0.15, 0.2) is 70.2 Å². The van der Waals surface area contributed by atoms with Crippen molar-refractivity contribution in [1.29, 1.82) is 0 Å². The normalized spacial score (nSPS) is 19.2. The summed E-state index contributed by atoms with van der Waals surface area (Å²) in [4.78, 5) is 11.0. The van der Waals surface area contributed by atoms with Crippen LogP contribution in [0.4, 0.5) is 11.4 Å². The molecule has 34 heavy (non-hydrogen) atoms. The Morgan fingerprint density at radius 2 is 1.85 bits per heavy atom. The monoisotopic (exact) mass is 520 g/mol. The molecule has 2 N–H and O–H groups in total. The Kier molecular flexibility index (Phi) is 5.36. The van der Waals surface area contributed by atoms with Crippen molar-refractivity contribution < 1.29 is 9.66 Å². The number of hydrogen-bond acceptors (Lipinski definition) is 6. The number of nitrogen functional groups attached to an aromatic ring is 1. The summed E-state index contributed by atoms with van der Waals surface area (Å²) in [6.07, 6.45) is 0.192. The SMILES string of the molecule is CC(C)(C)c1ccc(C2Oc3cc(Br)ccc3C3CC(c4ccc(N)c([N+](=O)[O-])c4)=NN32)cc1. The van der Waals surface area contributed by atoms with Crippen molar-refractivity contribution in [3.8, 4) is 5.75 Å². The summed E-state index contributed by atoms with van der Waals surface area (Å²) in [7, 11) is 0. The third kappa shape index (κ3) is 3.92. The number of nitro groups is 1. The number of benzene rings is 3. The number of nitrogens with two attached hydrogens (primary N) is 1. The number of rotatable bonds is 3. The smallest absolute Gasteiger partial charge is 0.292 e. The average Bonchev–Trinajstić information content (AvgIpc) is 3.23. The standard InChI is InChI=1S/C26H25BrN4O3/c1-26(2,3)17-7-4-15(5-8-17)25-30-22(19-10-9-18(27)13-24(19)34-25)14-21(29-30)16-6-11-20(28)23(12-16)31(32)33/h4-13,22,25H,14,28H2,1-3H3. The lowest BCUT2D eigenvalue weighted by atomic mass is 9.86. The van der Waals surface area contributed by atoms with Gasteiger partial charge in [-0.3, -0.25) is 10.1 Å². The molecule has 2 unspecified atom stereocenters. The molecule has 174 valence electrons. The Balaban J connectivity index is 1.57. The fourth-order valence-corrected chi connectivity index (χ4v) is 4.82. The van der Waals surface area contributed by atoms with Gasteiger partial charge in [-0.15, -0.1) is 0 Å². The minimum atomic E-state index is -0.461. The number of nitrogens with zero attached hydrogens (tertiary/aromatic N) is 3. The van der Waals surface area contributed by atoms with Crippen LogP contribution in [0.2, 0.25) is 0 Å². The first-order valence-electron chi connectivity index (χ1n) is 11.1. The lowest BCUT2D eigenvalue weighted by molar-refractivity contribution is -0.383. The number of halogens is 1. The van der Waals surface area contributed by atoms with Crippen molar-refractivity contribution in [2.24, 2.45) is 5.10 Å². The number of ether oxygens (including phenoxy) is 1. The lowest BCUT2D eigenvalue weighted by Crippen LogP contribution is -2.33. The third-order valence-electron chi connectivity index (χ3n) is 6.38. The molecule has 2 aliphatic heterocycles. The summed E-state index contributed by atoms with van der Waals surface area (Å²) in [5, 5.41) is 18.3. The van der Waals surface area contributed by atoms with E-state index < -0.39 is 11.2 Å². The molecular weight excluding hydrogens is 496 g/mol. The van der Waals surface area contributed by atoms with Gasteiger partial charge < -0.3 is 10.5 Å². The van der Waals surface area contributed by atoms with E-state index in [1.165, 1.54) is 11.6 Å². The van der Waals surface area contributed by atoms with Crippen LogP contribution in [-0.2, 0) is 5.41 Å². The van der Waals surface area contributed by atoms with Crippen LogP contribution in [0.25, 0.3) is 0 Å². The van der Waals surface area contributed by atoms with Crippen LogP contribution < -0.4 is 10.5 Å². The van der Waals surface area contributed by atoms with Crippen LogP contribution in [0.3, 0.4) is 0 Å². The zero-order valence-electron chi connectivity index (χ0n) is 19.2. The van der Waals surface area contributed by atoms with Gasteiger partial charge in [0.1, 0.15) is 11.4 Å². The molecule has 0 radical (unpaired) electrons. The van der Waals surface area contributed by atoms with E-state index in [1.807, 2.05) is 23.2 Å². The first kappa shape index (κ1) is 22.4. The second kappa shape index (κ2) is 8.13. The summed E-state index contributed by atoms with van der Waals surface area (Å²) < 4.78 is 7.40. The van der Waals surface area contributed by atoms with Gasteiger partial charge in [0.2, 0.25) is 6.23 Å².